The molecular formula is C15H20BrNO. The summed E-state index contributed by atoms with van der Waals surface area (Å²) < 4.78 is 5.74. The standard InChI is InChI=1S/C15H20BrNO/c16-10-13-4-3-8-17(13)11-12-7-9-18-15-6-2-1-5-14(12)15/h1-2,5-6,12-13H,3-4,7-11H2. The van der Waals surface area contributed by atoms with Crippen LogP contribution in [0.25, 0.3) is 0 Å². The van der Waals surface area contributed by atoms with Crippen LogP contribution >= 0.6 is 15.9 Å². The monoisotopic (exact) mass is 309 g/mol. The molecule has 2 aliphatic rings. The van der Waals surface area contributed by atoms with Crippen molar-refractivity contribution in [2.45, 2.75) is 31.2 Å². The van der Waals surface area contributed by atoms with Crippen LogP contribution < -0.4 is 4.74 Å². The van der Waals surface area contributed by atoms with Crippen molar-refractivity contribution in [2.75, 3.05) is 25.0 Å². The number of halogens is 1. The van der Waals surface area contributed by atoms with Crippen LogP contribution in [0.3, 0.4) is 0 Å². The third-order valence-corrected chi connectivity index (χ3v) is 4.96. The molecule has 2 unspecified atom stereocenters. The molecule has 2 heterocycles. The van der Waals surface area contributed by atoms with Gasteiger partial charge >= 0.3 is 0 Å². The van der Waals surface area contributed by atoms with Crippen LogP contribution in [0.1, 0.15) is 30.7 Å². The lowest BCUT2D eigenvalue weighted by Gasteiger charge is -2.31. The number of nitrogens with zero attached hydrogens (tertiary/aromatic N) is 1. The second-order valence-corrected chi connectivity index (χ2v) is 5.96. The van der Waals surface area contributed by atoms with E-state index in [-0.39, 0.29) is 0 Å². The summed E-state index contributed by atoms with van der Waals surface area (Å²) >= 11 is 3.65. The highest BCUT2D eigenvalue weighted by molar-refractivity contribution is 9.09. The van der Waals surface area contributed by atoms with Gasteiger partial charge < -0.3 is 4.74 Å². The molecule has 2 aliphatic heterocycles. The summed E-state index contributed by atoms with van der Waals surface area (Å²) in [4.78, 5) is 2.65. The smallest absolute Gasteiger partial charge is 0.122 e. The summed E-state index contributed by atoms with van der Waals surface area (Å²) in [5.74, 6) is 1.75. The number of ether oxygens (including phenoxy) is 1. The average molecular weight is 310 g/mol. The molecule has 0 aliphatic carbocycles. The molecular weight excluding hydrogens is 290 g/mol. The maximum atomic E-state index is 5.74. The summed E-state index contributed by atoms with van der Waals surface area (Å²) in [5.41, 5.74) is 1.41. The molecule has 0 spiro atoms. The zero-order valence-corrected chi connectivity index (χ0v) is 12.2. The van der Waals surface area contributed by atoms with Gasteiger partial charge in [-0.25, -0.2) is 0 Å². The molecule has 3 rings (SSSR count). The molecule has 98 valence electrons. The van der Waals surface area contributed by atoms with Gasteiger partial charge in [0.15, 0.2) is 0 Å². The van der Waals surface area contributed by atoms with Crippen LogP contribution in [0.5, 0.6) is 5.75 Å². The Morgan fingerprint density at radius 1 is 1.28 bits per heavy atom. The fourth-order valence-electron chi connectivity index (χ4n) is 3.20. The Hall–Kier alpha value is -0.540. The molecule has 0 saturated carbocycles. The van der Waals surface area contributed by atoms with Crippen molar-refractivity contribution in [1.82, 2.24) is 4.90 Å². The van der Waals surface area contributed by atoms with Crippen LogP contribution in [-0.2, 0) is 0 Å². The largest absolute Gasteiger partial charge is 0.493 e. The molecule has 3 heteroatoms. The molecule has 1 saturated heterocycles. The number of alkyl halides is 1. The highest BCUT2D eigenvalue weighted by Gasteiger charge is 2.29. The van der Waals surface area contributed by atoms with Crippen molar-refractivity contribution in [3.63, 3.8) is 0 Å². The SMILES string of the molecule is BrCC1CCCN1CC1CCOc2ccccc21. The van der Waals surface area contributed by atoms with Crippen LogP contribution in [0, 0.1) is 0 Å². The molecule has 0 aromatic heterocycles. The third-order valence-electron chi connectivity index (χ3n) is 4.21. The fourth-order valence-corrected chi connectivity index (χ4v) is 3.93. The number of hydrogen-bond acceptors (Lipinski definition) is 2. The summed E-state index contributed by atoms with van der Waals surface area (Å²) in [6.07, 6.45) is 3.85. The summed E-state index contributed by atoms with van der Waals surface area (Å²) in [7, 11) is 0. The van der Waals surface area contributed by atoms with Gasteiger partial charge in [-0.1, -0.05) is 34.1 Å². The topological polar surface area (TPSA) is 12.5 Å². The number of rotatable bonds is 3. The van der Waals surface area contributed by atoms with E-state index in [9.17, 15) is 0 Å². The number of benzene rings is 1. The maximum absolute atomic E-state index is 5.74. The fraction of sp³-hybridized carbons (Fsp3) is 0.600. The highest BCUT2D eigenvalue weighted by atomic mass is 79.9. The first-order valence-corrected chi connectivity index (χ1v) is 8.02. The van der Waals surface area contributed by atoms with E-state index in [1.165, 1.54) is 31.5 Å². The minimum atomic E-state index is 0.648. The second kappa shape index (κ2) is 5.62. The first-order chi connectivity index (χ1) is 8.88. The maximum Gasteiger partial charge on any atom is 0.122 e. The molecule has 1 fully saturated rings. The highest BCUT2D eigenvalue weighted by Crippen LogP contribution is 2.35. The lowest BCUT2D eigenvalue weighted by molar-refractivity contribution is 0.209. The van der Waals surface area contributed by atoms with Crippen molar-refractivity contribution >= 4 is 15.9 Å². The van der Waals surface area contributed by atoms with Gasteiger partial charge in [0.1, 0.15) is 5.75 Å². The summed E-state index contributed by atoms with van der Waals surface area (Å²) in [6.45, 7) is 3.32. The minimum absolute atomic E-state index is 0.648. The van der Waals surface area contributed by atoms with Crippen molar-refractivity contribution in [3.8, 4) is 5.75 Å². The van der Waals surface area contributed by atoms with E-state index in [4.69, 9.17) is 4.74 Å². The van der Waals surface area contributed by atoms with E-state index in [0.29, 0.717) is 5.92 Å². The zero-order valence-electron chi connectivity index (χ0n) is 10.6. The van der Waals surface area contributed by atoms with Crippen molar-refractivity contribution in [3.05, 3.63) is 29.8 Å². The van der Waals surface area contributed by atoms with Crippen LogP contribution in [-0.4, -0.2) is 36.0 Å². The van der Waals surface area contributed by atoms with Gasteiger partial charge in [0.2, 0.25) is 0 Å². The van der Waals surface area contributed by atoms with Crippen molar-refractivity contribution in [2.24, 2.45) is 0 Å². The van der Waals surface area contributed by atoms with Gasteiger partial charge in [0.05, 0.1) is 6.61 Å². The van der Waals surface area contributed by atoms with E-state index < -0.39 is 0 Å². The molecule has 2 atom stereocenters. The van der Waals surface area contributed by atoms with Gasteiger partial charge in [-0.3, -0.25) is 4.90 Å². The number of likely N-dealkylation sites (tertiary alicyclic amines) is 1. The number of para-hydroxylation sites is 1. The number of hydrogen-bond donors (Lipinski definition) is 0. The Balaban J connectivity index is 1.74. The van der Waals surface area contributed by atoms with Gasteiger partial charge in [-0.05, 0) is 37.4 Å². The van der Waals surface area contributed by atoms with Crippen molar-refractivity contribution in [1.29, 1.82) is 0 Å². The normalized spacial score (nSPS) is 27.8. The molecule has 0 radical (unpaired) electrons. The van der Waals surface area contributed by atoms with Crippen LogP contribution in [0.4, 0.5) is 0 Å². The quantitative estimate of drug-likeness (QED) is 0.793. The van der Waals surface area contributed by atoms with Crippen LogP contribution in [0.2, 0.25) is 0 Å². The molecule has 0 N–H and O–H groups in total. The Kier molecular flexibility index (Phi) is 3.90. The van der Waals surface area contributed by atoms with E-state index in [1.54, 1.807) is 0 Å². The second-order valence-electron chi connectivity index (χ2n) is 5.32. The summed E-state index contributed by atoms with van der Waals surface area (Å²) in [6, 6.07) is 9.27. The van der Waals surface area contributed by atoms with Gasteiger partial charge in [-0.15, -0.1) is 0 Å². The molecule has 1 aromatic rings. The number of fused-ring (bicyclic) bond motifs is 1. The zero-order chi connectivity index (χ0) is 12.4. The Bertz CT molecular complexity index is 409. The Morgan fingerprint density at radius 3 is 3.06 bits per heavy atom. The van der Waals surface area contributed by atoms with Crippen molar-refractivity contribution < 1.29 is 4.74 Å². The van der Waals surface area contributed by atoms with E-state index in [1.807, 2.05) is 0 Å². The molecule has 0 bridgehead atoms. The minimum Gasteiger partial charge on any atom is -0.493 e. The average Bonchev–Trinajstić information content (AvgIpc) is 2.86. The Morgan fingerprint density at radius 2 is 2.17 bits per heavy atom. The van der Waals surface area contributed by atoms with Crippen LogP contribution in [0.15, 0.2) is 24.3 Å². The lowest BCUT2D eigenvalue weighted by atomic mass is 9.92. The first kappa shape index (κ1) is 12.5. The van der Waals surface area contributed by atoms with E-state index in [2.05, 4.69) is 45.1 Å². The van der Waals surface area contributed by atoms with Gasteiger partial charge in [0.25, 0.3) is 0 Å². The first-order valence-electron chi connectivity index (χ1n) is 6.90. The molecule has 18 heavy (non-hydrogen) atoms. The van der Waals surface area contributed by atoms with Gasteiger partial charge in [0, 0.05) is 23.8 Å². The summed E-state index contributed by atoms with van der Waals surface area (Å²) in [5, 5.41) is 1.11. The predicted molar refractivity (Wildman–Crippen MR) is 77.7 cm³/mol. The lowest BCUT2D eigenvalue weighted by Crippen LogP contribution is -2.35. The Labute approximate surface area is 117 Å². The molecule has 2 nitrogen and oxygen atoms in total. The van der Waals surface area contributed by atoms with E-state index >= 15 is 0 Å². The predicted octanol–water partition coefficient (Wildman–Crippen LogP) is 3.41. The van der Waals surface area contributed by atoms with E-state index in [0.717, 1.165) is 30.1 Å². The third kappa shape index (κ3) is 2.43. The molecule has 0 amide bonds. The van der Waals surface area contributed by atoms with Gasteiger partial charge in [-0.2, -0.15) is 0 Å². The molecule has 1 aromatic carbocycles.